The van der Waals surface area contributed by atoms with Gasteiger partial charge in [-0.2, -0.15) is 31.3 Å². The number of nitrogens with one attached hydrogen (secondary N) is 2. The molecule has 1 aliphatic carbocycles. The number of nitrogens with zero attached hydrogens (tertiary/aromatic N) is 3. The Hall–Kier alpha value is -4.68. The van der Waals surface area contributed by atoms with Crippen molar-refractivity contribution in [3.05, 3.63) is 94.5 Å². The van der Waals surface area contributed by atoms with Crippen LogP contribution in [0.15, 0.2) is 66.7 Å². The molecule has 1 fully saturated rings. The van der Waals surface area contributed by atoms with Gasteiger partial charge in [0.05, 0.1) is 22.2 Å². The van der Waals surface area contributed by atoms with Crippen molar-refractivity contribution < 1.29 is 35.9 Å². The molecule has 0 atom stereocenters. The fraction of sp³-hybridized carbons (Fsp3) is 0.312. The largest absolute Gasteiger partial charge is 0.416 e. The van der Waals surface area contributed by atoms with E-state index in [1.54, 1.807) is 0 Å². The number of hydrogen-bond donors (Lipinski definition) is 2. The van der Waals surface area contributed by atoms with Crippen molar-refractivity contribution in [1.82, 2.24) is 15.3 Å². The highest BCUT2D eigenvalue weighted by atomic mass is 19.4. The van der Waals surface area contributed by atoms with Gasteiger partial charge in [0.1, 0.15) is 5.82 Å². The molecule has 1 heterocycles. The standard InChI is InChI=1S/C32H29F6N5O2/c1-43(2)28-25-9-5-6-10-26(25)41-30(42-28)40-22-13-11-21(12-14-22)39-29(45)24-8-4-3-7-23(24)27(44)18-15-19(31(33,34)35)17-20(16-18)32(36,37)38/h3-10,15-17,21-22H,11-14H2,1-2H3,(H,39,45)(H,40,41,42)/t21-,22+. The van der Waals surface area contributed by atoms with E-state index in [4.69, 9.17) is 0 Å². The Balaban J connectivity index is 1.28. The monoisotopic (exact) mass is 629 g/mol. The molecular formula is C32H29F6N5O2. The molecule has 7 nitrogen and oxygen atoms in total. The van der Waals surface area contributed by atoms with Crippen LogP contribution in [0.5, 0.6) is 0 Å². The molecule has 0 saturated heterocycles. The number of alkyl halides is 6. The van der Waals surface area contributed by atoms with Crippen LogP contribution >= 0.6 is 0 Å². The van der Waals surface area contributed by atoms with Gasteiger partial charge in [0, 0.05) is 42.7 Å². The molecule has 13 heteroatoms. The van der Waals surface area contributed by atoms with Gasteiger partial charge in [-0.25, -0.2) is 4.98 Å². The molecular weight excluding hydrogens is 600 g/mol. The number of amides is 1. The van der Waals surface area contributed by atoms with E-state index in [-0.39, 0.29) is 29.3 Å². The molecule has 0 unspecified atom stereocenters. The summed E-state index contributed by atoms with van der Waals surface area (Å²) in [5, 5.41) is 7.17. The van der Waals surface area contributed by atoms with Crippen LogP contribution in [0.4, 0.5) is 38.1 Å². The van der Waals surface area contributed by atoms with Gasteiger partial charge in [0.15, 0.2) is 5.78 Å². The zero-order valence-electron chi connectivity index (χ0n) is 24.3. The highest BCUT2D eigenvalue weighted by Crippen LogP contribution is 2.37. The summed E-state index contributed by atoms with van der Waals surface area (Å²) >= 11 is 0. The molecule has 1 aromatic heterocycles. The lowest BCUT2D eigenvalue weighted by Crippen LogP contribution is -2.40. The van der Waals surface area contributed by atoms with Crippen LogP contribution in [0, 0.1) is 0 Å². The van der Waals surface area contributed by atoms with Crippen molar-refractivity contribution in [3.63, 3.8) is 0 Å². The number of rotatable bonds is 7. The number of halogens is 6. The van der Waals surface area contributed by atoms with E-state index in [0.29, 0.717) is 43.8 Å². The number of carbonyl (C=O) groups excluding carboxylic acids is 2. The van der Waals surface area contributed by atoms with Crippen molar-refractivity contribution in [2.75, 3.05) is 24.3 Å². The lowest BCUT2D eigenvalue weighted by atomic mass is 9.90. The molecule has 0 bridgehead atoms. The number of fused-ring (bicyclic) bond motifs is 1. The van der Waals surface area contributed by atoms with Crippen molar-refractivity contribution in [3.8, 4) is 0 Å². The van der Waals surface area contributed by atoms with E-state index >= 15 is 0 Å². The summed E-state index contributed by atoms with van der Waals surface area (Å²) in [5.74, 6) is -0.512. The average Bonchev–Trinajstić information content (AvgIpc) is 3.00. The highest BCUT2D eigenvalue weighted by Gasteiger charge is 2.38. The number of aromatic nitrogens is 2. The summed E-state index contributed by atoms with van der Waals surface area (Å²) in [6, 6.07) is 13.5. The number of ketones is 1. The first kappa shape index (κ1) is 31.7. The minimum atomic E-state index is -5.12. The number of anilines is 2. The lowest BCUT2D eigenvalue weighted by Gasteiger charge is -2.30. The fourth-order valence-corrected chi connectivity index (χ4v) is 5.41. The van der Waals surface area contributed by atoms with Crippen LogP contribution in [0.1, 0.15) is 63.1 Å². The normalized spacial score (nSPS) is 17.2. The minimum Gasteiger partial charge on any atom is -0.362 e. The Labute approximate surface area is 254 Å². The van der Waals surface area contributed by atoms with Crippen LogP contribution in [-0.4, -0.2) is 47.8 Å². The summed E-state index contributed by atoms with van der Waals surface area (Å²) in [5.41, 5.74) is -3.69. The van der Waals surface area contributed by atoms with Crippen LogP contribution in [-0.2, 0) is 12.4 Å². The van der Waals surface area contributed by atoms with E-state index in [0.717, 1.165) is 16.7 Å². The van der Waals surface area contributed by atoms with E-state index in [9.17, 15) is 35.9 Å². The Morgan fingerprint density at radius 1 is 0.756 bits per heavy atom. The summed E-state index contributed by atoms with van der Waals surface area (Å²) in [7, 11) is 3.80. The maximum atomic E-state index is 13.4. The second kappa shape index (κ2) is 12.4. The predicted octanol–water partition coefficient (Wildman–Crippen LogP) is 7.12. The second-order valence-corrected chi connectivity index (χ2v) is 11.1. The lowest BCUT2D eigenvalue weighted by molar-refractivity contribution is -0.143. The molecule has 236 valence electrons. The number of benzene rings is 3. The maximum Gasteiger partial charge on any atom is 0.416 e. The van der Waals surface area contributed by atoms with Crippen molar-refractivity contribution in [2.45, 2.75) is 50.1 Å². The zero-order chi connectivity index (χ0) is 32.5. The maximum absolute atomic E-state index is 13.4. The zero-order valence-corrected chi connectivity index (χ0v) is 24.3. The van der Waals surface area contributed by atoms with Crippen molar-refractivity contribution >= 4 is 34.4 Å². The molecule has 3 aromatic carbocycles. The van der Waals surface area contributed by atoms with Gasteiger partial charge in [0.25, 0.3) is 5.91 Å². The second-order valence-electron chi connectivity index (χ2n) is 11.1. The SMILES string of the molecule is CN(C)c1nc(N[C@H]2CC[C@@H](NC(=O)c3ccccc3C(=O)c3cc(C(F)(F)F)cc(C(F)(F)F)c3)CC2)nc2ccccc12. The molecule has 2 N–H and O–H groups in total. The van der Waals surface area contributed by atoms with Crippen molar-refractivity contribution in [2.24, 2.45) is 0 Å². The third kappa shape index (κ3) is 7.18. The fourth-order valence-electron chi connectivity index (χ4n) is 5.41. The average molecular weight is 630 g/mol. The van der Waals surface area contributed by atoms with Crippen LogP contribution in [0.2, 0.25) is 0 Å². The molecule has 4 aromatic rings. The molecule has 1 saturated carbocycles. The Morgan fingerprint density at radius 3 is 1.91 bits per heavy atom. The van der Waals surface area contributed by atoms with Crippen LogP contribution in [0.25, 0.3) is 10.9 Å². The number of para-hydroxylation sites is 1. The molecule has 0 aliphatic heterocycles. The van der Waals surface area contributed by atoms with E-state index < -0.39 is 40.7 Å². The first-order chi connectivity index (χ1) is 21.2. The topological polar surface area (TPSA) is 87.2 Å². The Bertz CT molecular complexity index is 1700. The van der Waals surface area contributed by atoms with Gasteiger partial charge in [-0.3, -0.25) is 9.59 Å². The molecule has 0 radical (unpaired) electrons. The molecule has 5 rings (SSSR count). The van der Waals surface area contributed by atoms with Gasteiger partial charge < -0.3 is 15.5 Å². The number of hydrogen-bond acceptors (Lipinski definition) is 6. The van der Waals surface area contributed by atoms with Crippen LogP contribution < -0.4 is 15.5 Å². The quantitative estimate of drug-likeness (QED) is 0.167. The Morgan fingerprint density at radius 2 is 1.31 bits per heavy atom. The summed E-state index contributed by atoms with van der Waals surface area (Å²) < 4.78 is 80.3. The van der Waals surface area contributed by atoms with E-state index in [1.807, 2.05) is 43.3 Å². The van der Waals surface area contributed by atoms with Crippen LogP contribution in [0.3, 0.4) is 0 Å². The summed E-state index contributed by atoms with van der Waals surface area (Å²) in [4.78, 5) is 37.7. The predicted molar refractivity (Wildman–Crippen MR) is 157 cm³/mol. The molecule has 1 aliphatic rings. The van der Waals surface area contributed by atoms with Crippen molar-refractivity contribution in [1.29, 1.82) is 0 Å². The van der Waals surface area contributed by atoms with Gasteiger partial charge >= 0.3 is 12.4 Å². The van der Waals surface area contributed by atoms with Gasteiger partial charge in [-0.1, -0.05) is 30.3 Å². The molecule has 0 spiro atoms. The van der Waals surface area contributed by atoms with E-state index in [2.05, 4.69) is 20.6 Å². The van der Waals surface area contributed by atoms with Gasteiger partial charge in [0.2, 0.25) is 5.95 Å². The van der Waals surface area contributed by atoms with Gasteiger partial charge in [-0.15, -0.1) is 0 Å². The first-order valence-corrected chi connectivity index (χ1v) is 14.2. The number of carbonyl (C=O) groups is 2. The highest BCUT2D eigenvalue weighted by molar-refractivity contribution is 6.15. The third-order valence-electron chi connectivity index (χ3n) is 7.67. The first-order valence-electron chi connectivity index (χ1n) is 14.2. The molecule has 1 amide bonds. The Kier molecular flexibility index (Phi) is 8.72. The van der Waals surface area contributed by atoms with Gasteiger partial charge in [-0.05, 0) is 62.1 Å². The molecule has 45 heavy (non-hydrogen) atoms. The third-order valence-corrected chi connectivity index (χ3v) is 7.67. The smallest absolute Gasteiger partial charge is 0.362 e. The minimum absolute atomic E-state index is 0.0342. The summed E-state index contributed by atoms with van der Waals surface area (Å²) in [6.07, 6.45) is -7.73. The van der Waals surface area contributed by atoms with E-state index in [1.165, 1.54) is 24.3 Å². The summed E-state index contributed by atoms with van der Waals surface area (Å²) in [6.45, 7) is 0.